The van der Waals surface area contributed by atoms with Crippen LogP contribution in [0, 0.1) is 6.92 Å². The number of methoxy groups -OCH3 is 1. The van der Waals surface area contributed by atoms with Gasteiger partial charge in [0.25, 0.3) is 5.91 Å². The molecule has 0 aliphatic rings. The fraction of sp³-hybridized carbons (Fsp3) is 0.300. The second kappa shape index (κ2) is 8.33. The third kappa shape index (κ3) is 4.59. The highest BCUT2D eigenvalue weighted by Crippen LogP contribution is 2.29. The third-order valence-electron chi connectivity index (χ3n) is 3.87. The van der Waals surface area contributed by atoms with Crippen molar-refractivity contribution in [1.82, 2.24) is 0 Å². The van der Waals surface area contributed by atoms with E-state index in [2.05, 4.69) is 19.2 Å². The van der Waals surface area contributed by atoms with Crippen LogP contribution in [0.25, 0.3) is 0 Å². The number of anilines is 1. The Balaban J connectivity index is 2.11. The number of ether oxygens (including phenoxy) is 2. The molecule has 0 aromatic heterocycles. The van der Waals surface area contributed by atoms with Gasteiger partial charge in [0.1, 0.15) is 6.29 Å². The van der Waals surface area contributed by atoms with Crippen molar-refractivity contribution in [2.24, 2.45) is 0 Å². The summed E-state index contributed by atoms with van der Waals surface area (Å²) in [7, 11) is 1.51. The number of aldehydes is 1. The van der Waals surface area contributed by atoms with Crippen LogP contribution in [-0.4, -0.2) is 25.9 Å². The third-order valence-corrected chi connectivity index (χ3v) is 3.87. The molecule has 25 heavy (non-hydrogen) atoms. The standard InChI is InChI=1S/C20H23NO4/c1-13(2)16-7-5-6-14(3)20(16)21-19(23)12-25-18-10-15(11-22)8-9-17(18)24-4/h5-11,13H,12H2,1-4H3,(H,21,23). The second-order valence-corrected chi connectivity index (χ2v) is 6.06. The predicted molar refractivity (Wildman–Crippen MR) is 97.8 cm³/mol. The lowest BCUT2D eigenvalue weighted by Crippen LogP contribution is -2.22. The van der Waals surface area contributed by atoms with Crippen LogP contribution >= 0.6 is 0 Å². The first-order chi connectivity index (χ1) is 12.0. The molecule has 2 rings (SSSR count). The average molecular weight is 341 g/mol. The van der Waals surface area contributed by atoms with Crippen molar-refractivity contribution >= 4 is 17.9 Å². The number of hydrogen-bond donors (Lipinski definition) is 1. The van der Waals surface area contributed by atoms with Crippen LogP contribution in [0.5, 0.6) is 11.5 Å². The number of para-hydroxylation sites is 1. The van der Waals surface area contributed by atoms with Crippen molar-refractivity contribution in [1.29, 1.82) is 0 Å². The van der Waals surface area contributed by atoms with Crippen LogP contribution in [0.3, 0.4) is 0 Å². The SMILES string of the molecule is COc1ccc(C=O)cc1OCC(=O)Nc1c(C)cccc1C(C)C. The Morgan fingerprint density at radius 1 is 1.20 bits per heavy atom. The van der Waals surface area contributed by atoms with Crippen LogP contribution in [0.2, 0.25) is 0 Å². The van der Waals surface area contributed by atoms with Crippen LogP contribution in [0.1, 0.15) is 41.3 Å². The summed E-state index contributed by atoms with van der Waals surface area (Å²) in [5, 5.41) is 2.92. The zero-order valence-corrected chi connectivity index (χ0v) is 15.0. The van der Waals surface area contributed by atoms with Crippen LogP contribution < -0.4 is 14.8 Å². The highest BCUT2D eigenvalue weighted by Gasteiger charge is 2.13. The number of amides is 1. The lowest BCUT2D eigenvalue weighted by Gasteiger charge is -2.17. The van der Waals surface area contributed by atoms with E-state index in [1.165, 1.54) is 7.11 Å². The van der Waals surface area contributed by atoms with Gasteiger partial charge in [-0.1, -0.05) is 32.0 Å². The smallest absolute Gasteiger partial charge is 0.262 e. The summed E-state index contributed by atoms with van der Waals surface area (Å²) in [5.74, 6) is 0.850. The Kier molecular flexibility index (Phi) is 6.17. The van der Waals surface area contributed by atoms with E-state index in [1.54, 1.807) is 18.2 Å². The molecule has 2 aromatic carbocycles. The number of hydrogen-bond acceptors (Lipinski definition) is 4. The van der Waals surface area contributed by atoms with Gasteiger partial charge in [0.05, 0.1) is 7.11 Å². The van der Waals surface area contributed by atoms with Gasteiger partial charge in [-0.3, -0.25) is 9.59 Å². The zero-order chi connectivity index (χ0) is 18.4. The Bertz CT molecular complexity index is 768. The fourth-order valence-electron chi connectivity index (χ4n) is 2.54. The van der Waals surface area contributed by atoms with E-state index in [0.29, 0.717) is 29.3 Å². The van der Waals surface area contributed by atoms with Gasteiger partial charge < -0.3 is 14.8 Å². The molecule has 0 fully saturated rings. The van der Waals surface area contributed by atoms with E-state index in [0.717, 1.165) is 16.8 Å². The lowest BCUT2D eigenvalue weighted by molar-refractivity contribution is -0.118. The van der Waals surface area contributed by atoms with Gasteiger partial charge in [0.15, 0.2) is 18.1 Å². The van der Waals surface area contributed by atoms with Crippen molar-refractivity contribution in [3.05, 3.63) is 53.1 Å². The highest BCUT2D eigenvalue weighted by molar-refractivity contribution is 5.93. The summed E-state index contributed by atoms with van der Waals surface area (Å²) < 4.78 is 10.7. The monoisotopic (exact) mass is 341 g/mol. The normalized spacial score (nSPS) is 10.4. The molecule has 132 valence electrons. The van der Waals surface area contributed by atoms with E-state index >= 15 is 0 Å². The minimum atomic E-state index is -0.269. The topological polar surface area (TPSA) is 64.6 Å². The Labute approximate surface area is 148 Å². The first kappa shape index (κ1) is 18.5. The summed E-state index contributed by atoms with van der Waals surface area (Å²) in [5.41, 5.74) is 3.35. The first-order valence-electron chi connectivity index (χ1n) is 8.11. The first-order valence-corrected chi connectivity index (χ1v) is 8.11. The summed E-state index contributed by atoms with van der Waals surface area (Å²) in [6.07, 6.45) is 0.717. The number of nitrogens with one attached hydrogen (secondary N) is 1. The van der Waals surface area contributed by atoms with Crippen molar-refractivity contribution in [3.63, 3.8) is 0 Å². The number of carbonyl (C=O) groups excluding carboxylic acids is 2. The number of benzene rings is 2. The fourth-order valence-corrected chi connectivity index (χ4v) is 2.54. The van der Waals surface area contributed by atoms with E-state index in [4.69, 9.17) is 9.47 Å². The Hall–Kier alpha value is -2.82. The van der Waals surface area contributed by atoms with Gasteiger partial charge in [-0.25, -0.2) is 0 Å². The number of aryl methyl sites for hydroxylation is 1. The average Bonchev–Trinajstić information content (AvgIpc) is 2.61. The van der Waals surface area contributed by atoms with Crippen molar-refractivity contribution in [2.45, 2.75) is 26.7 Å². The molecule has 5 heteroatoms. The van der Waals surface area contributed by atoms with Crippen LogP contribution in [0.4, 0.5) is 5.69 Å². The van der Waals surface area contributed by atoms with Crippen LogP contribution in [0.15, 0.2) is 36.4 Å². The summed E-state index contributed by atoms with van der Waals surface area (Å²) >= 11 is 0. The molecular weight excluding hydrogens is 318 g/mol. The molecule has 0 aliphatic heterocycles. The van der Waals surface area contributed by atoms with Gasteiger partial charge in [0, 0.05) is 11.3 Å². The summed E-state index contributed by atoms with van der Waals surface area (Å²) in [6.45, 7) is 5.94. The molecule has 0 spiro atoms. The minimum absolute atomic E-state index is 0.176. The van der Waals surface area contributed by atoms with Gasteiger partial charge in [0.2, 0.25) is 0 Å². The van der Waals surface area contributed by atoms with Gasteiger partial charge in [-0.2, -0.15) is 0 Å². The predicted octanol–water partition coefficient (Wildman–Crippen LogP) is 3.96. The number of rotatable bonds is 7. The molecule has 0 bridgehead atoms. The molecule has 0 heterocycles. The van der Waals surface area contributed by atoms with Gasteiger partial charge in [-0.15, -0.1) is 0 Å². The van der Waals surface area contributed by atoms with Gasteiger partial charge >= 0.3 is 0 Å². The molecule has 0 radical (unpaired) electrons. The van der Waals surface area contributed by atoms with E-state index < -0.39 is 0 Å². The molecule has 0 atom stereocenters. The Morgan fingerprint density at radius 2 is 1.96 bits per heavy atom. The zero-order valence-electron chi connectivity index (χ0n) is 15.0. The molecule has 0 saturated heterocycles. The maximum absolute atomic E-state index is 12.3. The largest absolute Gasteiger partial charge is 0.493 e. The second-order valence-electron chi connectivity index (χ2n) is 6.06. The minimum Gasteiger partial charge on any atom is -0.493 e. The maximum Gasteiger partial charge on any atom is 0.262 e. The van der Waals surface area contributed by atoms with Crippen molar-refractivity contribution in [3.8, 4) is 11.5 Å². The molecule has 2 aromatic rings. The Morgan fingerprint density at radius 3 is 2.60 bits per heavy atom. The van der Waals surface area contributed by atoms with E-state index in [-0.39, 0.29) is 12.5 Å². The molecule has 0 saturated carbocycles. The van der Waals surface area contributed by atoms with E-state index in [1.807, 2.05) is 25.1 Å². The highest BCUT2D eigenvalue weighted by atomic mass is 16.5. The van der Waals surface area contributed by atoms with Crippen molar-refractivity contribution in [2.75, 3.05) is 19.0 Å². The summed E-state index contributed by atoms with van der Waals surface area (Å²) in [6, 6.07) is 10.7. The lowest BCUT2D eigenvalue weighted by atomic mass is 9.98. The van der Waals surface area contributed by atoms with Crippen molar-refractivity contribution < 1.29 is 19.1 Å². The van der Waals surface area contributed by atoms with E-state index in [9.17, 15) is 9.59 Å². The molecule has 0 aliphatic carbocycles. The maximum atomic E-state index is 12.3. The molecule has 1 N–H and O–H groups in total. The molecule has 1 amide bonds. The van der Waals surface area contributed by atoms with Gasteiger partial charge in [-0.05, 0) is 42.2 Å². The molecular formula is C20H23NO4. The quantitative estimate of drug-likeness (QED) is 0.774. The molecule has 5 nitrogen and oxygen atoms in total. The molecule has 0 unspecified atom stereocenters. The summed E-state index contributed by atoms with van der Waals surface area (Å²) in [4.78, 5) is 23.2. The number of carbonyl (C=O) groups is 2. The van der Waals surface area contributed by atoms with Crippen LogP contribution in [-0.2, 0) is 4.79 Å².